The van der Waals surface area contributed by atoms with E-state index in [1.165, 1.54) is 38.5 Å². The molecule has 1 heteroatoms. The molecule has 1 fully saturated rings. The minimum Gasteiger partial charge on any atom is -0.118 e. The van der Waals surface area contributed by atoms with Crippen LogP contribution in [0.5, 0.6) is 0 Å². The van der Waals surface area contributed by atoms with Gasteiger partial charge in [0.25, 0.3) is 0 Å². The summed E-state index contributed by atoms with van der Waals surface area (Å²) in [5.41, 5.74) is 1.68. The van der Waals surface area contributed by atoms with Gasteiger partial charge >= 0.3 is 0 Å². The Balaban J connectivity index is 2.03. The van der Waals surface area contributed by atoms with Gasteiger partial charge in [0.15, 0.2) is 0 Å². The second kappa shape index (κ2) is 4.91. The van der Waals surface area contributed by atoms with Crippen molar-refractivity contribution in [3.8, 4) is 0 Å². The fourth-order valence-corrected chi connectivity index (χ4v) is 3.81. The Morgan fingerprint density at radius 2 is 1.80 bits per heavy atom. The number of alkyl halides is 1. The molecule has 0 bridgehead atoms. The van der Waals surface area contributed by atoms with E-state index in [0.29, 0.717) is 5.38 Å². The van der Waals surface area contributed by atoms with Crippen molar-refractivity contribution in [1.82, 2.24) is 0 Å². The molecule has 0 aromatic rings. The van der Waals surface area contributed by atoms with Crippen LogP contribution in [0.3, 0.4) is 0 Å². The Bertz CT molecular complexity index is 234. The van der Waals surface area contributed by atoms with Crippen molar-refractivity contribution in [2.45, 2.75) is 57.7 Å². The highest BCUT2D eigenvalue weighted by Gasteiger charge is 2.27. The molecule has 86 valence electrons. The van der Waals surface area contributed by atoms with Crippen molar-refractivity contribution in [3.63, 3.8) is 0 Å². The highest BCUT2D eigenvalue weighted by molar-refractivity contribution is 6.21. The number of hydrogen-bond donors (Lipinski definition) is 0. The SMILES string of the molecule is CC1CC(C)CC(C2=CC(Cl)CCC2)C1. The van der Waals surface area contributed by atoms with Crippen LogP contribution in [0.15, 0.2) is 11.6 Å². The van der Waals surface area contributed by atoms with Crippen molar-refractivity contribution in [2.24, 2.45) is 17.8 Å². The third kappa shape index (κ3) is 3.00. The minimum atomic E-state index is 0.321. The second-order valence-corrected chi connectivity index (χ2v) is 6.32. The highest BCUT2D eigenvalue weighted by atomic mass is 35.5. The van der Waals surface area contributed by atoms with Gasteiger partial charge in [-0.05, 0) is 56.3 Å². The molecule has 0 aromatic heterocycles. The predicted molar refractivity (Wildman–Crippen MR) is 67.2 cm³/mol. The Labute approximate surface area is 99.1 Å². The van der Waals surface area contributed by atoms with Gasteiger partial charge in [0.1, 0.15) is 0 Å². The van der Waals surface area contributed by atoms with E-state index in [1.807, 2.05) is 0 Å². The fourth-order valence-electron chi connectivity index (χ4n) is 3.49. The van der Waals surface area contributed by atoms with E-state index in [2.05, 4.69) is 19.9 Å². The van der Waals surface area contributed by atoms with Gasteiger partial charge in [0, 0.05) is 0 Å². The summed E-state index contributed by atoms with van der Waals surface area (Å²) in [6.07, 6.45) is 10.4. The van der Waals surface area contributed by atoms with E-state index >= 15 is 0 Å². The lowest BCUT2D eigenvalue weighted by atomic mass is 9.72. The summed E-state index contributed by atoms with van der Waals surface area (Å²) in [6.45, 7) is 4.81. The van der Waals surface area contributed by atoms with Gasteiger partial charge in [-0.2, -0.15) is 0 Å². The Morgan fingerprint density at radius 1 is 1.13 bits per heavy atom. The predicted octanol–water partition coefficient (Wildman–Crippen LogP) is 4.78. The topological polar surface area (TPSA) is 0 Å². The van der Waals surface area contributed by atoms with Gasteiger partial charge in [-0.3, -0.25) is 0 Å². The Morgan fingerprint density at radius 3 is 2.40 bits per heavy atom. The summed E-state index contributed by atoms with van der Waals surface area (Å²) in [6, 6.07) is 0. The smallest absolute Gasteiger partial charge is 0.0518 e. The van der Waals surface area contributed by atoms with Crippen molar-refractivity contribution >= 4 is 11.6 Å². The first-order chi connectivity index (χ1) is 7.15. The number of allylic oxidation sites excluding steroid dienone is 2. The van der Waals surface area contributed by atoms with Crippen LogP contribution in [0, 0.1) is 17.8 Å². The molecule has 1 saturated carbocycles. The Kier molecular flexibility index (Phi) is 3.77. The van der Waals surface area contributed by atoms with E-state index in [0.717, 1.165) is 17.8 Å². The molecule has 0 aliphatic heterocycles. The molecule has 3 unspecified atom stereocenters. The number of rotatable bonds is 1. The van der Waals surface area contributed by atoms with Crippen molar-refractivity contribution in [3.05, 3.63) is 11.6 Å². The molecule has 0 spiro atoms. The zero-order chi connectivity index (χ0) is 10.8. The first-order valence-corrected chi connectivity index (χ1v) is 6.93. The second-order valence-electron chi connectivity index (χ2n) is 5.76. The zero-order valence-electron chi connectivity index (χ0n) is 10.0. The normalized spacial score (nSPS) is 42.5. The van der Waals surface area contributed by atoms with Crippen LogP contribution >= 0.6 is 11.6 Å². The first-order valence-electron chi connectivity index (χ1n) is 6.49. The summed E-state index contributed by atoms with van der Waals surface area (Å²) in [4.78, 5) is 0. The maximum atomic E-state index is 6.23. The van der Waals surface area contributed by atoms with E-state index < -0.39 is 0 Å². The lowest BCUT2D eigenvalue weighted by Gasteiger charge is -2.34. The van der Waals surface area contributed by atoms with E-state index in [4.69, 9.17) is 11.6 Å². The molecule has 0 nitrogen and oxygen atoms in total. The third-order valence-corrected chi connectivity index (χ3v) is 4.39. The minimum absolute atomic E-state index is 0.321. The van der Waals surface area contributed by atoms with Crippen LogP contribution in [0.1, 0.15) is 52.4 Å². The average Bonchev–Trinajstić information content (AvgIpc) is 2.16. The number of hydrogen-bond acceptors (Lipinski definition) is 0. The maximum absolute atomic E-state index is 6.23. The highest BCUT2D eigenvalue weighted by Crippen LogP contribution is 2.40. The zero-order valence-corrected chi connectivity index (χ0v) is 10.8. The molecule has 0 aromatic carbocycles. The van der Waals surface area contributed by atoms with E-state index in [9.17, 15) is 0 Å². The summed E-state index contributed by atoms with van der Waals surface area (Å²) in [7, 11) is 0. The summed E-state index contributed by atoms with van der Waals surface area (Å²) in [5.74, 6) is 2.68. The Hall–Kier alpha value is 0.0300. The van der Waals surface area contributed by atoms with E-state index in [-0.39, 0.29) is 0 Å². The fraction of sp³-hybridized carbons (Fsp3) is 0.857. The quantitative estimate of drug-likeness (QED) is 0.446. The summed E-state index contributed by atoms with van der Waals surface area (Å²) < 4.78 is 0. The van der Waals surface area contributed by atoms with Crippen LogP contribution in [-0.4, -0.2) is 5.38 Å². The standard InChI is InChI=1S/C14H23Cl/c1-10-6-11(2)8-13(7-10)12-4-3-5-14(15)9-12/h9-11,13-14H,3-8H2,1-2H3. The lowest BCUT2D eigenvalue weighted by Crippen LogP contribution is -2.22. The van der Waals surface area contributed by atoms with Crippen LogP contribution in [-0.2, 0) is 0 Å². The molecule has 3 atom stereocenters. The van der Waals surface area contributed by atoms with Gasteiger partial charge in [-0.15, -0.1) is 11.6 Å². The van der Waals surface area contributed by atoms with Gasteiger partial charge in [-0.1, -0.05) is 25.5 Å². The van der Waals surface area contributed by atoms with Gasteiger partial charge < -0.3 is 0 Å². The van der Waals surface area contributed by atoms with Gasteiger partial charge in [0.05, 0.1) is 5.38 Å². The van der Waals surface area contributed by atoms with Gasteiger partial charge in [0.2, 0.25) is 0 Å². The summed E-state index contributed by atoms with van der Waals surface area (Å²) >= 11 is 6.23. The molecular formula is C14H23Cl. The van der Waals surface area contributed by atoms with Crippen LogP contribution < -0.4 is 0 Å². The molecule has 2 aliphatic carbocycles. The van der Waals surface area contributed by atoms with Crippen molar-refractivity contribution in [1.29, 1.82) is 0 Å². The first kappa shape index (κ1) is 11.5. The van der Waals surface area contributed by atoms with Crippen LogP contribution in [0.25, 0.3) is 0 Å². The monoisotopic (exact) mass is 226 g/mol. The molecule has 2 rings (SSSR count). The van der Waals surface area contributed by atoms with Crippen molar-refractivity contribution < 1.29 is 0 Å². The average molecular weight is 227 g/mol. The van der Waals surface area contributed by atoms with Crippen LogP contribution in [0.2, 0.25) is 0 Å². The molecule has 15 heavy (non-hydrogen) atoms. The largest absolute Gasteiger partial charge is 0.118 e. The molecular weight excluding hydrogens is 204 g/mol. The van der Waals surface area contributed by atoms with E-state index in [1.54, 1.807) is 5.57 Å². The lowest BCUT2D eigenvalue weighted by molar-refractivity contribution is 0.239. The van der Waals surface area contributed by atoms with Crippen LogP contribution in [0.4, 0.5) is 0 Å². The third-order valence-electron chi connectivity index (χ3n) is 4.04. The molecule has 0 N–H and O–H groups in total. The van der Waals surface area contributed by atoms with Crippen molar-refractivity contribution in [2.75, 3.05) is 0 Å². The molecule has 0 amide bonds. The molecule has 2 aliphatic rings. The van der Waals surface area contributed by atoms with Gasteiger partial charge in [-0.25, -0.2) is 0 Å². The number of halogens is 1. The molecule has 0 radical (unpaired) electrons. The molecule has 0 heterocycles. The summed E-state index contributed by atoms with van der Waals surface area (Å²) in [5, 5.41) is 0.321. The maximum Gasteiger partial charge on any atom is 0.0518 e. The molecule has 0 saturated heterocycles.